The molecule has 0 bridgehead atoms. The maximum absolute atomic E-state index is 13.1. The molecule has 3 rings (SSSR count). The number of carbonyl (C=O) groups excluding carboxylic acids is 2. The highest BCUT2D eigenvalue weighted by molar-refractivity contribution is 7.99. The Hall–Kier alpha value is -3.00. The van der Waals surface area contributed by atoms with Gasteiger partial charge in [0, 0.05) is 12.2 Å². The molecule has 152 valence electrons. The van der Waals surface area contributed by atoms with Gasteiger partial charge in [0.05, 0.1) is 5.88 Å². The number of ether oxygens (including phenoxy) is 1. The Labute approximate surface area is 173 Å². The summed E-state index contributed by atoms with van der Waals surface area (Å²) in [6.07, 6.45) is -0.477. The second-order valence-corrected chi connectivity index (χ2v) is 7.61. The number of amides is 2. The molecule has 1 aliphatic rings. The van der Waals surface area contributed by atoms with Gasteiger partial charge in [-0.05, 0) is 11.1 Å². The van der Waals surface area contributed by atoms with Crippen LogP contribution in [0.4, 0.5) is 4.79 Å². The third-order valence-electron chi connectivity index (χ3n) is 4.54. The van der Waals surface area contributed by atoms with Gasteiger partial charge in [0.15, 0.2) is 0 Å². The zero-order valence-electron chi connectivity index (χ0n) is 15.7. The van der Waals surface area contributed by atoms with E-state index in [4.69, 9.17) is 4.74 Å². The highest BCUT2D eigenvalue weighted by atomic mass is 32.2. The molecular weight excluding hydrogens is 392 g/mol. The summed E-state index contributed by atoms with van der Waals surface area (Å²) < 4.78 is 5.24. The van der Waals surface area contributed by atoms with Gasteiger partial charge in [-0.2, -0.15) is 0 Å². The number of nitrogens with one attached hydrogen (secondary N) is 1. The van der Waals surface area contributed by atoms with Crippen LogP contribution >= 0.6 is 11.8 Å². The van der Waals surface area contributed by atoms with Gasteiger partial charge in [-0.15, -0.1) is 11.8 Å². The third-order valence-corrected chi connectivity index (χ3v) is 5.55. The van der Waals surface area contributed by atoms with Crippen LogP contribution in [0.5, 0.6) is 0 Å². The molecule has 1 aliphatic heterocycles. The van der Waals surface area contributed by atoms with E-state index in [1.54, 1.807) is 0 Å². The van der Waals surface area contributed by atoms with Crippen LogP contribution < -0.4 is 5.32 Å². The lowest BCUT2D eigenvalue weighted by Crippen LogP contribution is -2.53. The Kier molecular flexibility index (Phi) is 7.13. The van der Waals surface area contributed by atoms with Gasteiger partial charge in [0.2, 0.25) is 5.91 Å². The number of benzene rings is 2. The molecule has 0 saturated carbocycles. The van der Waals surface area contributed by atoms with Gasteiger partial charge in [0.1, 0.15) is 18.7 Å². The van der Waals surface area contributed by atoms with Crippen molar-refractivity contribution in [3.05, 3.63) is 71.8 Å². The summed E-state index contributed by atoms with van der Waals surface area (Å²) in [6, 6.07) is 16.7. The minimum Gasteiger partial charge on any atom is -0.480 e. The monoisotopic (exact) mass is 414 g/mol. The van der Waals surface area contributed by atoms with Gasteiger partial charge in [0.25, 0.3) is 0 Å². The molecule has 0 unspecified atom stereocenters. The Morgan fingerprint density at radius 3 is 2.31 bits per heavy atom. The SMILES string of the molecule is O=C(N[C@@H](Cc1ccccc1)C(=O)N1CSC[C@H]1C(=O)O)OCc1ccccc1. The summed E-state index contributed by atoms with van der Waals surface area (Å²) in [4.78, 5) is 38.1. The van der Waals surface area contributed by atoms with E-state index in [0.717, 1.165) is 11.1 Å². The molecule has 2 N–H and O–H groups in total. The van der Waals surface area contributed by atoms with Crippen molar-refractivity contribution in [2.45, 2.75) is 25.1 Å². The number of hydrogen-bond acceptors (Lipinski definition) is 5. The van der Waals surface area contributed by atoms with Crippen LogP contribution in [0.2, 0.25) is 0 Å². The largest absolute Gasteiger partial charge is 0.480 e. The van der Waals surface area contributed by atoms with Crippen molar-refractivity contribution in [1.82, 2.24) is 10.2 Å². The predicted octanol–water partition coefficient (Wildman–Crippen LogP) is 2.51. The van der Waals surface area contributed by atoms with Crippen LogP contribution in [0, 0.1) is 0 Å². The lowest BCUT2D eigenvalue weighted by atomic mass is 10.0. The average Bonchev–Trinajstić information content (AvgIpc) is 3.23. The Bertz CT molecular complexity index is 847. The van der Waals surface area contributed by atoms with E-state index >= 15 is 0 Å². The summed E-state index contributed by atoms with van der Waals surface area (Å²) in [5.41, 5.74) is 1.68. The van der Waals surface area contributed by atoms with Crippen LogP contribution in [0.1, 0.15) is 11.1 Å². The summed E-state index contributed by atoms with van der Waals surface area (Å²) >= 11 is 1.38. The molecule has 2 atom stereocenters. The van der Waals surface area contributed by atoms with Gasteiger partial charge in [-0.1, -0.05) is 60.7 Å². The third kappa shape index (κ3) is 5.74. The summed E-state index contributed by atoms with van der Waals surface area (Å²) in [5, 5.41) is 12.0. The Morgan fingerprint density at radius 2 is 1.69 bits per heavy atom. The van der Waals surface area contributed by atoms with Crippen molar-refractivity contribution in [1.29, 1.82) is 0 Å². The lowest BCUT2D eigenvalue weighted by molar-refractivity contribution is -0.148. The van der Waals surface area contributed by atoms with Gasteiger partial charge < -0.3 is 20.1 Å². The number of hydrogen-bond donors (Lipinski definition) is 2. The number of alkyl carbamates (subject to hydrolysis) is 1. The summed E-state index contributed by atoms with van der Waals surface area (Å²) in [5.74, 6) is -0.865. The van der Waals surface area contributed by atoms with Crippen molar-refractivity contribution in [3.63, 3.8) is 0 Å². The molecule has 0 aliphatic carbocycles. The number of carbonyl (C=O) groups is 3. The second kappa shape index (κ2) is 9.97. The molecule has 8 heteroatoms. The van der Waals surface area contributed by atoms with Crippen LogP contribution in [0.3, 0.4) is 0 Å². The quantitative estimate of drug-likeness (QED) is 0.723. The van der Waals surface area contributed by atoms with E-state index in [1.807, 2.05) is 60.7 Å². The zero-order valence-corrected chi connectivity index (χ0v) is 16.5. The predicted molar refractivity (Wildman–Crippen MR) is 109 cm³/mol. The Morgan fingerprint density at radius 1 is 1.07 bits per heavy atom. The first kappa shape index (κ1) is 20.7. The number of aliphatic carboxylic acids is 1. The van der Waals surface area contributed by atoms with Crippen molar-refractivity contribution in [2.24, 2.45) is 0 Å². The fourth-order valence-corrected chi connectivity index (χ4v) is 4.18. The maximum atomic E-state index is 13.1. The first-order chi connectivity index (χ1) is 14.0. The first-order valence-corrected chi connectivity index (χ1v) is 10.3. The zero-order chi connectivity index (χ0) is 20.6. The molecule has 1 fully saturated rings. The van der Waals surface area contributed by atoms with Crippen molar-refractivity contribution in [3.8, 4) is 0 Å². The van der Waals surface area contributed by atoms with E-state index in [-0.39, 0.29) is 18.9 Å². The van der Waals surface area contributed by atoms with E-state index in [1.165, 1.54) is 16.7 Å². The molecule has 2 aromatic rings. The number of thioether (sulfide) groups is 1. The number of nitrogens with zero attached hydrogens (tertiary/aromatic N) is 1. The molecule has 0 aromatic heterocycles. The fourth-order valence-electron chi connectivity index (χ4n) is 3.02. The maximum Gasteiger partial charge on any atom is 0.408 e. The van der Waals surface area contributed by atoms with E-state index in [9.17, 15) is 19.5 Å². The van der Waals surface area contributed by atoms with Crippen LogP contribution in [0.25, 0.3) is 0 Å². The van der Waals surface area contributed by atoms with Gasteiger partial charge in [-0.25, -0.2) is 9.59 Å². The minimum absolute atomic E-state index is 0.0796. The lowest BCUT2D eigenvalue weighted by Gasteiger charge is -2.26. The first-order valence-electron chi connectivity index (χ1n) is 9.17. The molecule has 0 radical (unpaired) electrons. The molecule has 2 aromatic carbocycles. The highest BCUT2D eigenvalue weighted by Crippen LogP contribution is 2.22. The highest BCUT2D eigenvalue weighted by Gasteiger charge is 2.38. The van der Waals surface area contributed by atoms with E-state index < -0.39 is 30.1 Å². The van der Waals surface area contributed by atoms with Crippen molar-refractivity contribution < 1.29 is 24.2 Å². The molecule has 2 amide bonds. The summed E-state index contributed by atoms with van der Waals surface area (Å²) in [7, 11) is 0. The normalized spacial score (nSPS) is 16.8. The molecular formula is C21H22N2O5S. The van der Waals surface area contributed by atoms with Crippen LogP contribution in [-0.2, 0) is 27.4 Å². The molecule has 29 heavy (non-hydrogen) atoms. The molecule has 7 nitrogen and oxygen atoms in total. The number of carboxylic acids is 1. The fraction of sp³-hybridized carbons (Fsp3) is 0.286. The smallest absolute Gasteiger partial charge is 0.408 e. The second-order valence-electron chi connectivity index (χ2n) is 6.61. The standard InChI is InChI=1S/C21H22N2O5S/c24-19(23-14-29-13-18(23)20(25)26)17(11-15-7-3-1-4-8-15)22-21(27)28-12-16-9-5-2-6-10-16/h1-10,17-18H,11-14H2,(H,22,27)(H,25,26)/t17-,18-/m0/s1. The van der Waals surface area contributed by atoms with Gasteiger partial charge in [-0.3, -0.25) is 4.79 Å². The number of carboxylic acid groups (broad SMARTS) is 1. The van der Waals surface area contributed by atoms with E-state index in [2.05, 4.69) is 5.32 Å². The molecule has 1 saturated heterocycles. The topological polar surface area (TPSA) is 95.9 Å². The average molecular weight is 414 g/mol. The summed E-state index contributed by atoms with van der Waals surface area (Å²) in [6.45, 7) is 0.0796. The van der Waals surface area contributed by atoms with Crippen molar-refractivity contribution in [2.75, 3.05) is 11.6 Å². The van der Waals surface area contributed by atoms with E-state index in [0.29, 0.717) is 5.75 Å². The van der Waals surface area contributed by atoms with Crippen LogP contribution in [0.15, 0.2) is 60.7 Å². The Balaban J connectivity index is 1.69. The van der Waals surface area contributed by atoms with Crippen LogP contribution in [-0.4, -0.2) is 51.7 Å². The number of rotatable bonds is 7. The molecule has 1 heterocycles. The molecule has 0 spiro atoms. The minimum atomic E-state index is -1.05. The van der Waals surface area contributed by atoms with Crippen molar-refractivity contribution >= 4 is 29.7 Å². The van der Waals surface area contributed by atoms with Gasteiger partial charge >= 0.3 is 12.1 Å².